The first-order chi connectivity index (χ1) is 17.1. The Hall–Kier alpha value is -2.95. The number of methoxy groups -OCH3 is 1. The highest BCUT2D eigenvalue weighted by Crippen LogP contribution is 2.39. The molecule has 3 atom stereocenters. The predicted octanol–water partition coefficient (Wildman–Crippen LogP) is 3.51. The Kier molecular flexibility index (Phi) is 7.67. The Balaban J connectivity index is 1.78. The number of hydrogen-bond acceptors (Lipinski definition) is 5. The highest BCUT2D eigenvalue weighted by Gasteiger charge is 2.48. The molecule has 2 fully saturated rings. The van der Waals surface area contributed by atoms with E-state index >= 15 is 0 Å². The number of carbonyl (C=O) groups excluding carboxylic acids is 2. The van der Waals surface area contributed by atoms with Crippen LogP contribution in [0.2, 0.25) is 0 Å². The van der Waals surface area contributed by atoms with Crippen LogP contribution in [-0.4, -0.2) is 59.9 Å². The number of ether oxygens (including phenoxy) is 1. The standard InChI is InChI=1S/C26H30F3N3O4/c1-16-7-3-4-10-20(16)22(23(33)30-18-14-26(28,29)15-18)32(19-9-5-8-17(27)13-19)24(34)21-11-6-12-31(21)25(35)36-2/h3-5,7-10,13,18,21-22,25,35H,6,11-12,14-15H2,1-2H3,(H,30,33). The number of alkyl halides is 2. The third-order valence-corrected chi connectivity index (χ3v) is 6.82. The molecule has 3 unspecified atom stereocenters. The van der Waals surface area contributed by atoms with Crippen LogP contribution in [0.5, 0.6) is 0 Å². The first-order valence-corrected chi connectivity index (χ1v) is 11.9. The van der Waals surface area contributed by atoms with E-state index in [4.69, 9.17) is 4.74 Å². The fourth-order valence-electron chi connectivity index (χ4n) is 4.98. The molecule has 2 amide bonds. The number of aryl methyl sites for hydroxylation is 1. The lowest BCUT2D eigenvalue weighted by molar-refractivity contribution is -0.183. The average molecular weight is 506 g/mol. The molecule has 194 valence electrons. The number of benzene rings is 2. The molecule has 36 heavy (non-hydrogen) atoms. The van der Waals surface area contributed by atoms with Gasteiger partial charge in [0.1, 0.15) is 11.9 Å². The molecule has 2 aromatic rings. The fraction of sp³-hybridized carbons (Fsp3) is 0.462. The van der Waals surface area contributed by atoms with Gasteiger partial charge in [0, 0.05) is 38.2 Å². The number of likely N-dealkylation sites (tertiary alicyclic amines) is 1. The Morgan fingerprint density at radius 3 is 2.56 bits per heavy atom. The summed E-state index contributed by atoms with van der Waals surface area (Å²) in [6.07, 6.45) is -1.31. The number of aliphatic hydroxyl groups is 1. The van der Waals surface area contributed by atoms with Crippen molar-refractivity contribution >= 4 is 17.5 Å². The van der Waals surface area contributed by atoms with Gasteiger partial charge in [-0.1, -0.05) is 30.3 Å². The van der Waals surface area contributed by atoms with Gasteiger partial charge in [-0.2, -0.15) is 0 Å². The molecule has 0 radical (unpaired) electrons. The zero-order valence-corrected chi connectivity index (χ0v) is 20.2. The molecule has 4 rings (SSSR count). The molecule has 1 saturated carbocycles. The van der Waals surface area contributed by atoms with Crippen LogP contribution in [0.1, 0.15) is 42.9 Å². The zero-order valence-electron chi connectivity index (χ0n) is 20.2. The molecule has 2 aliphatic rings. The molecule has 1 heterocycles. The van der Waals surface area contributed by atoms with E-state index < -0.39 is 60.9 Å². The summed E-state index contributed by atoms with van der Waals surface area (Å²) in [5.41, 5.74) is 1.32. The lowest BCUT2D eigenvalue weighted by Crippen LogP contribution is -2.56. The van der Waals surface area contributed by atoms with Gasteiger partial charge in [0.25, 0.3) is 5.92 Å². The molecular formula is C26H30F3N3O4. The van der Waals surface area contributed by atoms with Crippen molar-refractivity contribution in [2.75, 3.05) is 18.6 Å². The van der Waals surface area contributed by atoms with E-state index in [1.54, 1.807) is 31.2 Å². The summed E-state index contributed by atoms with van der Waals surface area (Å²) in [4.78, 5) is 30.4. The van der Waals surface area contributed by atoms with Gasteiger partial charge in [0.05, 0.1) is 6.04 Å². The molecule has 1 aliphatic heterocycles. The van der Waals surface area contributed by atoms with Gasteiger partial charge in [0.2, 0.25) is 18.2 Å². The number of hydrogen-bond donors (Lipinski definition) is 2. The number of halogens is 3. The van der Waals surface area contributed by atoms with Crippen LogP contribution in [0.4, 0.5) is 18.9 Å². The van der Waals surface area contributed by atoms with E-state index in [0.29, 0.717) is 30.5 Å². The minimum absolute atomic E-state index is 0.140. The summed E-state index contributed by atoms with van der Waals surface area (Å²) in [6, 6.07) is 9.45. The Morgan fingerprint density at radius 1 is 1.19 bits per heavy atom. The summed E-state index contributed by atoms with van der Waals surface area (Å²) in [5.74, 6) is -4.61. The Bertz CT molecular complexity index is 1110. The highest BCUT2D eigenvalue weighted by atomic mass is 19.3. The van der Waals surface area contributed by atoms with Crippen LogP contribution >= 0.6 is 0 Å². The number of nitrogens with zero attached hydrogens (tertiary/aromatic N) is 2. The number of aliphatic hydroxyl groups excluding tert-OH is 1. The van der Waals surface area contributed by atoms with Crippen molar-refractivity contribution in [1.82, 2.24) is 10.2 Å². The summed E-state index contributed by atoms with van der Waals surface area (Å²) in [7, 11) is 1.31. The quantitative estimate of drug-likeness (QED) is 0.537. The lowest BCUT2D eigenvalue weighted by Gasteiger charge is -2.39. The number of carbonyl (C=O) groups is 2. The van der Waals surface area contributed by atoms with E-state index in [-0.39, 0.29) is 5.69 Å². The lowest BCUT2D eigenvalue weighted by atomic mass is 9.87. The summed E-state index contributed by atoms with van der Waals surface area (Å²) >= 11 is 0. The van der Waals surface area contributed by atoms with E-state index in [9.17, 15) is 27.9 Å². The van der Waals surface area contributed by atoms with E-state index in [0.717, 1.165) is 6.07 Å². The normalized spacial score (nSPS) is 21.4. The molecular weight excluding hydrogens is 475 g/mol. The largest absolute Gasteiger partial charge is 0.356 e. The van der Waals surface area contributed by atoms with Crippen molar-refractivity contribution in [3.8, 4) is 0 Å². The number of nitrogens with one attached hydrogen (secondary N) is 1. The highest BCUT2D eigenvalue weighted by molar-refractivity contribution is 6.04. The molecule has 10 heteroatoms. The van der Waals surface area contributed by atoms with Crippen molar-refractivity contribution < 1.29 is 32.6 Å². The second-order valence-electron chi connectivity index (χ2n) is 9.37. The van der Waals surface area contributed by atoms with Gasteiger partial charge in [-0.05, 0) is 49.1 Å². The number of anilines is 1. The fourth-order valence-corrected chi connectivity index (χ4v) is 4.98. The first kappa shape index (κ1) is 26.1. The molecule has 1 saturated heterocycles. The van der Waals surface area contributed by atoms with Gasteiger partial charge in [0.15, 0.2) is 0 Å². The molecule has 0 aromatic heterocycles. The van der Waals surface area contributed by atoms with Crippen molar-refractivity contribution in [3.63, 3.8) is 0 Å². The molecule has 0 bridgehead atoms. The van der Waals surface area contributed by atoms with Crippen molar-refractivity contribution in [1.29, 1.82) is 0 Å². The molecule has 2 aromatic carbocycles. The van der Waals surface area contributed by atoms with Crippen LogP contribution in [0.15, 0.2) is 48.5 Å². The maximum atomic E-state index is 14.3. The van der Waals surface area contributed by atoms with Crippen LogP contribution < -0.4 is 10.2 Å². The second-order valence-corrected chi connectivity index (χ2v) is 9.37. The van der Waals surface area contributed by atoms with Gasteiger partial charge in [-0.15, -0.1) is 0 Å². The van der Waals surface area contributed by atoms with Gasteiger partial charge < -0.3 is 15.2 Å². The number of rotatable bonds is 8. The molecule has 2 N–H and O–H groups in total. The minimum atomic E-state index is -2.84. The molecule has 1 aliphatic carbocycles. The van der Waals surface area contributed by atoms with Gasteiger partial charge in [-0.25, -0.2) is 18.1 Å². The van der Waals surface area contributed by atoms with Crippen molar-refractivity contribution in [3.05, 3.63) is 65.5 Å². The van der Waals surface area contributed by atoms with Crippen molar-refractivity contribution in [2.45, 2.75) is 63.1 Å². The van der Waals surface area contributed by atoms with Crippen LogP contribution in [0.25, 0.3) is 0 Å². The second kappa shape index (κ2) is 10.6. The van der Waals surface area contributed by atoms with Crippen LogP contribution in [0.3, 0.4) is 0 Å². The SMILES string of the molecule is COC(O)N1CCCC1C(=O)N(c1cccc(F)c1)C(C(=O)NC1CC(F)(F)C1)c1ccccc1C. The third-order valence-electron chi connectivity index (χ3n) is 6.82. The Labute approximate surface area is 207 Å². The van der Waals surface area contributed by atoms with Gasteiger partial charge >= 0.3 is 0 Å². The van der Waals surface area contributed by atoms with Crippen LogP contribution in [0, 0.1) is 12.7 Å². The van der Waals surface area contributed by atoms with Crippen LogP contribution in [-0.2, 0) is 14.3 Å². The minimum Gasteiger partial charge on any atom is -0.356 e. The van der Waals surface area contributed by atoms with E-state index in [1.165, 1.54) is 35.1 Å². The first-order valence-electron chi connectivity index (χ1n) is 11.9. The summed E-state index contributed by atoms with van der Waals surface area (Å²) in [6.45, 7) is 2.17. The third kappa shape index (κ3) is 5.40. The smallest absolute Gasteiger partial charge is 0.252 e. The molecule has 7 nitrogen and oxygen atoms in total. The van der Waals surface area contributed by atoms with E-state index in [1.807, 2.05) is 0 Å². The average Bonchev–Trinajstić information content (AvgIpc) is 3.31. The number of amides is 2. The zero-order chi connectivity index (χ0) is 26.0. The summed E-state index contributed by atoms with van der Waals surface area (Å²) < 4.78 is 46.3. The molecule has 0 spiro atoms. The summed E-state index contributed by atoms with van der Waals surface area (Å²) in [5, 5.41) is 13.0. The van der Waals surface area contributed by atoms with Gasteiger partial charge in [-0.3, -0.25) is 14.5 Å². The van der Waals surface area contributed by atoms with E-state index in [2.05, 4.69) is 5.32 Å². The maximum Gasteiger partial charge on any atom is 0.252 e. The maximum absolute atomic E-state index is 14.3. The Morgan fingerprint density at radius 2 is 1.92 bits per heavy atom. The topological polar surface area (TPSA) is 82.1 Å². The predicted molar refractivity (Wildman–Crippen MR) is 127 cm³/mol. The monoisotopic (exact) mass is 505 g/mol. The van der Waals surface area contributed by atoms with Crippen molar-refractivity contribution in [2.24, 2.45) is 0 Å².